The molecule has 0 aromatic carbocycles. The SMILES string of the molecule is CCCCCCCCC#CC#CC#CBr. The lowest BCUT2D eigenvalue weighted by Gasteiger charge is -1.96. The van der Waals surface area contributed by atoms with Crippen molar-refractivity contribution in [2.24, 2.45) is 0 Å². The summed E-state index contributed by atoms with van der Waals surface area (Å²) in [5.74, 6) is 13.7. The molecule has 0 aromatic heterocycles. The second kappa shape index (κ2) is 13.2. The van der Waals surface area contributed by atoms with Crippen molar-refractivity contribution in [1.29, 1.82) is 0 Å². The largest absolute Gasteiger partial charge is 0.0891 e. The highest BCUT2D eigenvalue weighted by Gasteiger charge is 1.87. The van der Waals surface area contributed by atoms with E-state index in [0.29, 0.717) is 0 Å². The molecule has 15 heavy (non-hydrogen) atoms. The number of hydrogen-bond acceptors (Lipinski definition) is 0. The minimum Gasteiger partial charge on any atom is -0.0891 e. The van der Waals surface area contributed by atoms with Crippen molar-refractivity contribution >= 4 is 15.9 Å². The van der Waals surface area contributed by atoms with Gasteiger partial charge in [0, 0.05) is 22.4 Å². The molecule has 0 saturated heterocycles. The molecule has 0 bridgehead atoms. The van der Waals surface area contributed by atoms with Crippen LogP contribution in [0.25, 0.3) is 0 Å². The number of hydrogen-bond donors (Lipinski definition) is 0. The molecule has 0 fully saturated rings. The Morgan fingerprint density at radius 2 is 1.47 bits per heavy atom. The molecule has 0 nitrogen and oxygen atoms in total. The van der Waals surface area contributed by atoms with Gasteiger partial charge in [0.05, 0.1) is 0 Å². The van der Waals surface area contributed by atoms with Gasteiger partial charge >= 0.3 is 0 Å². The van der Waals surface area contributed by atoms with Crippen LogP contribution in [0.1, 0.15) is 51.9 Å². The monoisotopic (exact) mass is 264 g/mol. The third kappa shape index (κ3) is 13.2. The summed E-state index contributed by atoms with van der Waals surface area (Å²) in [6, 6.07) is 0. The minimum absolute atomic E-state index is 0.961. The molecule has 0 heterocycles. The van der Waals surface area contributed by atoms with Crippen LogP contribution < -0.4 is 0 Å². The van der Waals surface area contributed by atoms with Crippen molar-refractivity contribution in [3.63, 3.8) is 0 Å². The van der Waals surface area contributed by atoms with Gasteiger partial charge in [0.25, 0.3) is 0 Å². The molecule has 0 atom stereocenters. The van der Waals surface area contributed by atoms with Crippen molar-refractivity contribution in [3.05, 3.63) is 0 Å². The van der Waals surface area contributed by atoms with E-state index in [1.165, 1.54) is 38.5 Å². The van der Waals surface area contributed by atoms with E-state index >= 15 is 0 Å². The van der Waals surface area contributed by atoms with E-state index in [4.69, 9.17) is 0 Å². The first kappa shape index (κ1) is 14.2. The summed E-state index contributed by atoms with van der Waals surface area (Å²) >= 11 is 2.96. The fraction of sp³-hybridized carbons (Fsp3) is 0.571. The van der Waals surface area contributed by atoms with Crippen LogP contribution in [0.2, 0.25) is 0 Å². The van der Waals surface area contributed by atoms with Crippen molar-refractivity contribution in [3.8, 4) is 34.4 Å². The first-order valence-corrected chi connectivity index (χ1v) is 6.29. The average molecular weight is 265 g/mol. The third-order valence-corrected chi connectivity index (χ3v) is 2.18. The Morgan fingerprint density at radius 3 is 2.20 bits per heavy atom. The summed E-state index contributed by atoms with van der Waals surface area (Å²) in [6.45, 7) is 2.24. The Morgan fingerprint density at radius 1 is 0.800 bits per heavy atom. The first-order valence-electron chi connectivity index (χ1n) is 5.50. The highest BCUT2D eigenvalue weighted by molar-refractivity contribution is 9.12. The minimum atomic E-state index is 0.961. The van der Waals surface area contributed by atoms with Crippen LogP contribution >= 0.6 is 15.9 Å². The molecule has 80 valence electrons. The first-order chi connectivity index (χ1) is 7.41. The maximum atomic E-state index is 3.03. The quantitative estimate of drug-likeness (QED) is 0.501. The van der Waals surface area contributed by atoms with E-state index < -0.39 is 0 Å². The summed E-state index contributed by atoms with van der Waals surface area (Å²) in [4.78, 5) is 2.52. The molecule has 0 aliphatic rings. The Labute approximate surface area is 102 Å². The molecule has 0 spiro atoms. The van der Waals surface area contributed by atoms with Gasteiger partial charge in [0.2, 0.25) is 0 Å². The summed E-state index contributed by atoms with van der Waals surface area (Å²) < 4.78 is 0. The van der Waals surface area contributed by atoms with Crippen molar-refractivity contribution in [2.45, 2.75) is 51.9 Å². The topological polar surface area (TPSA) is 0 Å². The van der Waals surface area contributed by atoms with Crippen LogP contribution in [0.4, 0.5) is 0 Å². The molecule has 0 aliphatic heterocycles. The Kier molecular flexibility index (Phi) is 12.4. The van der Waals surface area contributed by atoms with Crippen LogP contribution in [0.15, 0.2) is 0 Å². The zero-order chi connectivity index (χ0) is 11.2. The van der Waals surface area contributed by atoms with Gasteiger partial charge in [-0.3, -0.25) is 0 Å². The van der Waals surface area contributed by atoms with Gasteiger partial charge in [-0.1, -0.05) is 44.9 Å². The van der Waals surface area contributed by atoms with E-state index in [2.05, 4.69) is 57.3 Å². The third-order valence-electron chi connectivity index (χ3n) is 1.98. The molecule has 0 aliphatic carbocycles. The predicted molar refractivity (Wildman–Crippen MR) is 70.2 cm³/mol. The Balaban J connectivity index is 3.30. The van der Waals surface area contributed by atoms with Gasteiger partial charge in [-0.25, -0.2) is 0 Å². The van der Waals surface area contributed by atoms with Gasteiger partial charge in [0.15, 0.2) is 0 Å². The number of halogens is 1. The lowest BCUT2D eigenvalue weighted by atomic mass is 10.1. The lowest BCUT2D eigenvalue weighted by Crippen LogP contribution is -1.77. The van der Waals surface area contributed by atoms with Crippen LogP contribution in [0, 0.1) is 34.4 Å². The summed E-state index contributed by atoms with van der Waals surface area (Å²) in [6.07, 6.45) is 8.83. The summed E-state index contributed by atoms with van der Waals surface area (Å²) in [5, 5.41) is 0. The van der Waals surface area contributed by atoms with Crippen LogP contribution in [0.5, 0.6) is 0 Å². The molecule has 0 amide bonds. The second-order valence-corrected chi connectivity index (χ2v) is 3.69. The molecule has 0 N–H and O–H groups in total. The molecule has 1 heteroatoms. The highest BCUT2D eigenvalue weighted by Crippen LogP contribution is 2.05. The maximum absolute atomic E-state index is 3.03. The van der Waals surface area contributed by atoms with E-state index in [1.54, 1.807) is 0 Å². The van der Waals surface area contributed by atoms with Gasteiger partial charge in [-0.05, 0) is 34.9 Å². The number of unbranched alkanes of at least 4 members (excludes halogenated alkanes) is 6. The standard InChI is InChI=1S/C14H17Br/c1-2-3-4-5-6-7-8-9-10-11-12-13-14-15/h2-8H2,1H3. The zero-order valence-electron chi connectivity index (χ0n) is 9.33. The second-order valence-electron chi connectivity index (χ2n) is 3.29. The van der Waals surface area contributed by atoms with Crippen molar-refractivity contribution in [2.75, 3.05) is 0 Å². The summed E-state index contributed by atoms with van der Waals surface area (Å²) in [7, 11) is 0. The predicted octanol–water partition coefficient (Wildman–Crippen LogP) is 4.10. The van der Waals surface area contributed by atoms with Crippen LogP contribution in [-0.4, -0.2) is 0 Å². The number of rotatable bonds is 6. The molecular weight excluding hydrogens is 248 g/mol. The molecule has 0 aromatic rings. The van der Waals surface area contributed by atoms with E-state index in [0.717, 1.165) is 6.42 Å². The summed E-state index contributed by atoms with van der Waals surface area (Å²) in [5.41, 5.74) is 0. The normalized spacial score (nSPS) is 7.60. The van der Waals surface area contributed by atoms with E-state index in [9.17, 15) is 0 Å². The molecule has 0 rings (SSSR count). The van der Waals surface area contributed by atoms with Gasteiger partial charge < -0.3 is 0 Å². The van der Waals surface area contributed by atoms with Gasteiger partial charge in [-0.15, -0.1) is 0 Å². The Hall–Kier alpha value is -0.840. The maximum Gasteiger partial charge on any atom is 0.0117 e. The Bertz CT molecular complexity index is 308. The smallest absolute Gasteiger partial charge is 0.0117 e. The molecule has 0 unspecified atom stereocenters. The van der Waals surface area contributed by atoms with E-state index in [-0.39, 0.29) is 0 Å². The van der Waals surface area contributed by atoms with Crippen molar-refractivity contribution in [1.82, 2.24) is 0 Å². The molecule has 0 saturated carbocycles. The van der Waals surface area contributed by atoms with Crippen LogP contribution in [0.3, 0.4) is 0 Å². The lowest BCUT2D eigenvalue weighted by molar-refractivity contribution is 0.614. The van der Waals surface area contributed by atoms with Crippen molar-refractivity contribution < 1.29 is 0 Å². The fourth-order valence-corrected chi connectivity index (χ4v) is 1.29. The fourth-order valence-electron chi connectivity index (χ4n) is 1.19. The zero-order valence-corrected chi connectivity index (χ0v) is 10.9. The molecule has 0 radical (unpaired) electrons. The van der Waals surface area contributed by atoms with E-state index in [1.807, 2.05) is 0 Å². The molecular formula is C14H17Br. The van der Waals surface area contributed by atoms with Crippen LogP contribution in [-0.2, 0) is 0 Å². The van der Waals surface area contributed by atoms with Gasteiger partial charge in [0.1, 0.15) is 0 Å². The average Bonchev–Trinajstić information content (AvgIpc) is 2.26. The highest BCUT2D eigenvalue weighted by atomic mass is 79.9. The van der Waals surface area contributed by atoms with Gasteiger partial charge in [-0.2, -0.15) is 0 Å².